The Kier molecular flexibility index (Phi) is 4.28. The molecular weight excluding hydrogens is 384 g/mol. The molecule has 6 rings (SSSR count). The summed E-state index contributed by atoms with van der Waals surface area (Å²) in [6.07, 6.45) is 0. The predicted octanol–water partition coefficient (Wildman–Crippen LogP) is 3.44. The zero-order valence-corrected chi connectivity index (χ0v) is 16.6. The SMILES string of the molecule is Cl.c1cc2cc(-c3cc4ccc(C5=NCCN5)cc4[nH]3)[nH]c2cc1C1=NCCN1. The first-order chi connectivity index (χ1) is 13.8. The third-order valence-corrected chi connectivity index (χ3v) is 5.43. The normalized spacial score (nSPS) is 15.7. The molecule has 4 heterocycles. The summed E-state index contributed by atoms with van der Waals surface area (Å²) in [6, 6.07) is 17.3. The molecule has 4 N–H and O–H groups in total. The number of aliphatic imine (C=N–C) groups is 2. The molecule has 0 saturated carbocycles. The molecule has 0 spiro atoms. The number of nitrogens with zero attached hydrogens (tertiary/aromatic N) is 2. The summed E-state index contributed by atoms with van der Waals surface area (Å²) in [5.41, 5.74) is 6.67. The third-order valence-electron chi connectivity index (χ3n) is 5.43. The number of hydrogen-bond donors (Lipinski definition) is 4. The maximum Gasteiger partial charge on any atom is 0.128 e. The van der Waals surface area contributed by atoms with Crippen molar-refractivity contribution in [1.29, 1.82) is 0 Å². The number of nitrogens with one attached hydrogen (secondary N) is 4. The molecule has 2 aromatic carbocycles. The number of aromatic nitrogens is 2. The van der Waals surface area contributed by atoms with E-state index in [1.165, 1.54) is 10.8 Å². The Morgan fingerprint density at radius 2 is 1.10 bits per heavy atom. The number of halogens is 1. The van der Waals surface area contributed by atoms with Gasteiger partial charge in [-0.2, -0.15) is 0 Å². The minimum absolute atomic E-state index is 0. The molecule has 0 fully saturated rings. The smallest absolute Gasteiger partial charge is 0.128 e. The molecule has 29 heavy (non-hydrogen) atoms. The molecule has 2 aliphatic rings. The summed E-state index contributed by atoms with van der Waals surface area (Å²) in [7, 11) is 0. The van der Waals surface area contributed by atoms with Crippen LogP contribution in [0.4, 0.5) is 0 Å². The molecule has 146 valence electrons. The van der Waals surface area contributed by atoms with Crippen molar-refractivity contribution in [2.75, 3.05) is 26.2 Å². The molecule has 2 aromatic heterocycles. The van der Waals surface area contributed by atoms with Crippen LogP contribution in [0.25, 0.3) is 33.2 Å². The van der Waals surface area contributed by atoms with Crippen LogP contribution < -0.4 is 10.6 Å². The van der Waals surface area contributed by atoms with Gasteiger partial charge in [0.25, 0.3) is 0 Å². The van der Waals surface area contributed by atoms with Crippen LogP contribution in [0.2, 0.25) is 0 Å². The van der Waals surface area contributed by atoms with Gasteiger partial charge in [-0.25, -0.2) is 0 Å². The lowest BCUT2D eigenvalue weighted by molar-refractivity contribution is 0.960. The van der Waals surface area contributed by atoms with E-state index in [1.54, 1.807) is 0 Å². The van der Waals surface area contributed by atoms with E-state index in [1.807, 2.05) is 0 Å². The van der Waals surface area contributed by atoms with E-state index in [4.69, 9.17) is 0 Å². The second-order valence-corrected chi connectivity index (χ2v) is 7.28. The summed E-state index contributed by atoms with van der Waals surface area (Å²) >= 11 is 0. The highest BCUT2D eigenvalue weighted by atomic mass is 35.5. The van der Waals surface area contributed by atoms with Gasteiger partial charge in [0.2, 0.25) is 0 Å². The van der Waals surface area contributed by atoms with E-state index in [9.17, 15) is 0 Å². The Morgan fingerprint density at radius 1 is 0.621 bits per heavy atom. The van der Waals surface area contributed by atoms with E-state index in [0.717, 1.165) is 71.4 Å². The molecule has 0 unspecified atom stereocenters. The van der Waals surface area contributed by atoms with E-state index >= 15 is 0 Å². The Labute approximate surface area is 173 Å². The van der Waals surface area contributed by atoms with Gasteiger partial charge in [0.05, 0.1) is 24.5 Å². The zero-order valence-electron chi connectivity index (χ0n) is 15.7. The van der Waals surface area contributed by atoms with Gasteiger partial charge in [-0.05, 0) is 24.3 Å². The largest absolute Gasteiger partial charge is 0.368 e. The lowest BCUT2D eigenvalue weighted by atomic mass is 10.1. The van der Waals surface area contributed by atoms with Crippen molar-refractivity contribution in [3.05, 3.63) is 59.7 Å². The van der Waals surface area contributed by atoms with Gasteiger partial charge in [-0.3, -0.25) is 9.98 Å². The van der Waals surface area contributed by atoms with Crippen LogP contribution >= 0.6 is 12.4 Å². The van der Waals surface area contributed by atoms with Gasteiger partial charge >= 0.3 is 0 Å². The van der Waals surface area contributed by atoms with Crippen molar-refractivity contribution < 1.29 is 0 Å². The molecule has 4 aromatic rings. The van der Waals surface area contributed by atoms with Gasteiger partial charge in [-0.1, -0.05) is 24.3 Å². The van der Waals surface area contributed by atoms with Crippen molar-refractivity contribution in [2.24, 2.45) is 9.98 Å². The van der Waals surface area contributed by atoms with Gasteiger partial charge < -0.3 is 20.6 Å². The second-order valence-electron chi connectivity index (χ2n) is 7.28. The summed E-state index contributed by atoms with van der Waals surface area (Å²) < 4.78 is 0. The molecule has 0 saturated heterocycles. The van der Waals surface area contributed by atoms with Crippen molar-refractivity contribution in [2.45, 2.75) is 0 Å². The Bertz CT molecular complexity index is 1180. The molecule has 6 nitrogen and oxygen atoms in total. The Balaban J connectivity index is 0.00000181. The molecule has 2 aliphatic heterocycles. The molecular formula is C22H21ClN6. The molecule has 0 aliphatic carbocycles. The van der Waals surface area contributed by atoms with E-state index in [2.05, 4.69) is 79.1 Å². The van der Waals surface area contributed by atoms with Crippen LogP contribution in [-0.2, 0) is 0 Å². The summed E-state index contributed by atoms with van der Waals surface area (Å²) in [5, 5.41) is 9.07. The Hall–Kier alpha value is -3.25. The van der Waals surface area contributed by atoms with Gasteiger partial charge in [0.1, 0.15) is 11.7 Å². The monoisotopic (exact) mass is 404 g/mol. The standard InChI is InChI=1S/C22H20N6.ClH/c1-3-15(21-23-5-6-24-21)11-17-13(1)9-19(27-17)20-10-14-2-4-16(12-18(14)28-20)22-25-7-8-26-22;/h1-4,9-12,27-28H,5-8H2,(H,23,24)(H,25,26);1H. The molecule has 0 amide bonds. The van der Waals surface area contributed by atoms with Crippen molar-refractivity contribution in [1.82, 2.24) is 20.6 Å². The maximum absolute atomic E-state index is 4.52. The number of H-pyrrole nitrogens is 2. The summed E-state index contributed by atoms with van der Waals surface area (Å²) in [4.78, 5) is 16.1. The van der Waals surface area contributed by atoms with Crippen LogP contribution in [0, 0.1) is 0 Å². The number of amidine groups is 2. The highest BCUT2D eigenvalue weighted by Gasteiger charge is 2.13. The van der Waals surface area contributed by atoms with E-state index in [-0.39, 0.29) is 12.4 Å². The second kappa shape index (κ2) is 6.97. The van der Waals surface area contributed by atoms with Gasteiger partial charge in [-0.15, -0.1) is 12.4 Å². The first-order valence-electron chi connectivity index (χ1n) is 9.67. The zero-order chi connectivity index (χ0) is 18.5. The molecule has 0 radical (unpaired) electrons. The lowest BCUT2D eigenvalue weighted by Gasteiger charge is -2.01. The number of hydrogen-bond acceptors (Lipinski definition) is 4. The third kappa shape index (κ3) is 3.06. The van der Waals surface area contributed by atoms with Gasteiger partial charge in [0, 0.05) is 46.0 Å². The number of benzene rings is 2. The van der Waals surface area contributed by atoms with Crippen molar-refractivity contribution >= 4 is 45.9 Å². The highest BCUT2D eigenvalue weighted by Crippen LogP contribution is 2.28. The van der Waals surface area contributed by atoms with Crippen molar-refractivity contribution in [3.63, 3.8) is 0 Å². The minimum atomic E-state index is 0. The fourth-order valence-corrected chi connectivity index (χ4v) is 4.02. The highest BCUT2D eigenvalue weighted by molar-refractivity contribution is 6.04. The maximum atomic E-state index is 4.52. The summed E-state index contributed by atoms with van der Waals surface area (Å²) in [5.74, 6) is 1.97. The topological polar surface area (TPSA) is 80.4 Å². The van der Waals surface area contributed by atoms with E-state index in [0.29, 0.717) is 0 Å². The van der Waals surface area contributed by atoms with Gasteiger partial charge in [0.15, 0.2) is 0 Å². The quantitative estimate of drug-likeness (QED) is 0.422. The van der Waals surface area contributed by atoms with Crippen molar-refractivity contribution in [3.8, 4) is 11.4 Å². The van der Waals surface area contributed by atoms with Crippen LogP contribution in [0.1, 0.15) is 11.1 Å². The van der Waals surface area contributed by atoms with Crippen LogP contribution in [0.5, 0.6) is 0 Å². The lowest BCUT2D eigenvalue weighted by Crippen LogP contribution is -2.19. The average molecular weight is 405 g/mol. The van der Waals surface area contributed by atoms with E-state index < -0.39 is 0 Å². The number of rotatable bonds is 3. The number of aromatic amines is 2. The molecule has 0 bridgehead atoms. The first kappa shape index (κ1) is 17.8. The van der Waals surface area contributed by atoms with Crippen LogP contribution in [0.15, 0.2) is 58.5 Å². The fourth-order valence-electron chi connectivity index (χ4n) is 4.02. The summed E-state index contributed by atoms with van der Waals surface area (Å²) in [6.45, 7) is 3.54. The first-order valence-corrected chi connectivity index (χ1v) is 9.67. The minimum Gasteiger partial charge on any atom is -0.368 e. The van der Waals surface area contributed by atoms with Crippen LogP contribution in [0.3, 0.4) is 0 Å². The predicted molar refractivity (Wildman–Crippen MR) is 122 cm³/mol. The van der Waals surface area contributed by atoms with Crippen LogP contribution in [-0.4, -0.2) is 47.8 Å². The molecule has 0 atom stereocenters. The Morgan fingerprint density at radius 3 is 1.52 bits per heavy atom. The molecule has 7 heteroatoms. The fraction of sp³-hybridized carbons (Fsp3) is 0.182. The average Bonchev–Trinajstić information content (AvgIpc) is 3.52. The number of fused-ring (bicyclic) bond motifs is 2.